The molecule has 20 heavy (non-hydrogen) atoms. The molecule has 1 saturated heterocycles. The van der Waals surface area contributed by atoms with Gasteiger partial charge in [-0.2, -0.15) is 11.8 Å². The van der Waals surface area contributed by atoms with Gasteiger partial charge in [0, 0.05) is 22.9 Å². The van der Waals surface area contributed by atoms with Crippen LogP contribution in [0.4, 0.5) is 5.69 Å². The second-order valence-corrected chi connectivity index (χ2v) is 6.46. The van der Waals surface area contributed by atoms with Crippen molar-refractivity contribution in [1.82, 2.24) is 5.32 Å². The minimum atomic E-state index is -0.569. The zero-order chi connectivity index (χ0) is 14.5. The number of hydrogen-bond donors (Lipinski definition) is 1. The van der Waals surface area contributed by atoms with Gasteiger partial charge in [0.2, 0.25) is 0 Å². The minimum absolute atomic E-state index is 0.0170. The van der Waals surface area contributed by atoms with Crippen LogP contribution in [0.3, 0.4) is 0 Å². The molecule has 1 aromatic rings. The summed E-state index contributed by atoms with van der Waals surface area (Å²) in [7, 11) is 0. The van der Waals surface area contributed by atoms with Crippen molar-refractivity contribution in [2.45, 2.75) is 24.5 Å². The van der Waals surface area contributed by atoms with Crippen molar-refractivity contribution in [3.63, 3.8) is 0 Å². The summed E-state index contributed by atoms with van der Waals surface area (Å²) in [6, 6.07) is 4.00. The molecule has 0 spiro atoms. The van der Waals surface area contributed by atoms with Gasteiger partial charge >= 0.3 is 0 Å². The van der Waals surface area contributed by atoms with Crippen LogP contribution in [0.15, 0.2) is 18.2 Å². The lowest BCUT2D eigenvalue weighted by Crippen LogP contribution is -2.32. The van der Waals surface area contributed by atoms with E-state index in [1.54, 1.807) is 0 Å². The van der Waals surface area contributed by atoms with Gasteiger partial charge in [0.1, 0.15) is 5.56 Å². The number of nitrogens with zero attached hydrogens (tertiary/aromatic N) is 1. The number of thioether (sulfide) groups is 1. The maximum Gasteiger partial charge on any atom is 0.282 e. The van der Waals surface area contributed by atoms with Gasteiger partial charge < -0.3 is 5.32 Å². The molecule has 0 radical (unpaired) electrons. The molecule has 2 rings (SSSR count). The molecule has 5 nitrogen and oxygen atoms in total. The lowest BCUT2D eigenvalue weighted by atomic mass is 10.1. The Balaban J connectivity index is 2.04. The molecule has 108 valence electrons. The molecule has 1 aliphatic rings. The predicted molar refractivity (Wildman–Crippen MR) is 80.5 cm³/mol. The summed E-state index contributed by atoms with van der Waals surface area (Å²) in [6.45, 7) is 0.535. The normalized spacial score (nSPS) is 18.6. The average Bonchev–Trinajstić information content (AvgIpc) is 2.45. The van der Waals surface area contributed by atoms with Gasteiger partial charge in [-0.15, -0.1) is 0 Å². The molecule has 0 saturated carbocycles. The van der Waals surface area contributed by atoms with Crippen LogP contribution in [0.2, 0.25) is 5.02 Å². The fraction of sp³-hybridized carbons (Fsp3) is 0.462. The van der Waals surface area contributed by atoms with E-state index in [2.05, 4.69) is 5.32 Å². The van der Waals surface area contributed by atoms with Crippen molar-refractivity contribution in [1.29, 1.82) is 0 Å². The second-order valence-electron chi connectivity index (χ2n) is 4.62. The number of carbonyl (C=O) groups is 1. The molecule has 1 heterocycles. The van der Waals surface area contributed by atoms with E-state index in [0.717, 1.165) is 12.2 Å². The molecule has 1 unspecified atom stereocenters. The molecule has 7 heteroatoms. The third-order valence-electron chi connectivity index (χ3n) is 3.16. The largest absolute Gasteiger partial charge is 0.351 e. The van der Waals surface area contributed by atoms with Crippen molar-refractivity contribution in [3.05, 3.63) is 38.9 Å². The summed E-state index contributed by atoms with van der Waals surface area (Å²) in [5.74, 6) is 0.670. The van der Waals surface area contributed by atoms with Crippen LogP contribution in [-0.2, 0) is 0 Å². The highest BCUT2D eigenvalue weighted by molar-refractivity contribution is 7.99. The highest BCUT2D eigenvalue weighted by atomic mass is 35.5. The highest BCUT2D eigenvalue weighted by Crippen LogP contribution is 2.25. The van der Waals surface area contributed by atoms with Crippen LogP contribution in [0.25, 0.3) is 0 Å². The fourth-order valence-corrected chi connectivity index (χ4v) is 3.53. The van der Waals surface area contributed by atoms with Gasteiger partial charge in [-0.3, -0.25) is 14.9 Å². The van der Waals surface area contributed by atoms with Crippen LogP contribution in [-0.4, -0.2) is 28.4 Å². The number of amides is 1. The first-order valence-electron chi connectivity index (χ1n) is 6.41. The summed E-state index contributed by atoms with van der Waals surface area (Å²) in [5.41, 5.74) is -0.202. The van der Waals surface area contributed by atoms with Gasteiger partial charge in [-0.05, 0) is 30.7 Å². The number of nitrogens with one attached hydrogen (secondary N) is 1. The van der Waals surface area contributed by atoms with Gasteiger partial charge in [0.15, 0.2) is 0 Å². The lowest BCUT2D eigenvalue weighted by molar-refractivity contribution is -0.385. The number of nitro groups is 1. The smallest absolute Gasteiger partial charge is 0.282 e. The number of nitro benzene ring substituents is 1. The molecule has 1 aliphatic heterocycles. The van der Waals surface area contributed by atoms with Crippen molar-refractivity contribution in [3.8, 4) is 0 Å². The summed E-state index contributed by atoms with van der Waals surface area (Å²) >= 11 is 7.65. The van der Waals surface area contributed by atoms with Crippen LogP contribution in [0, 0.1) is 10.1 Å². The Morgan fingerprint density at radius 3 is 2.95 bits per heavy atom. The van der Waals surface area contributed by atoms with E-state index in [1.807, 2.05) is 11.8 Å². The Morgan fingerprint density at radius 2 is 2.30 bits per heavy atom. The first-order chi connectivity index (χ1) is 9.58. The molecule has 1 amide bonds. The van der Waals surface area contributed by atoms with Crippen molar-refractivity contribution in [2.75, 3.05) is 12.3 Å². The summed E-state index contributed by atoms with van der Waals surface area (Å²) in [5, 5.41) is 14.4. The van der Waals surface area contributed by atoms with Crippen LogP contribution in [0.1, 0.15) is 29.6 Å². The lowest BCUT2D eigenvalue weighted by Gasteiger charge is -2.21. The molecular formula is C13H15ClN2O3S. The van der Waals surface area contributed by atoms with Gasteiger partial charge in [0.25, 0.3) is 11.6 Å². The molecule has 1 aromatic carbocycles. The SMILES string of the molecule is O=C(NCC1CCCCS1)c1cc(Cl)ccc1[N+](=O)[O-]. The zero-order valence-electron chi connectivity index (χ0n) is 10.8. The Hall–Kier alpha value is -1.27. The van der Waals surface area contributed by atoms with Gasteiger partial charge in [-0.1, -0.05) is 18.0 Å². The molecule has 1 N–H and O–H groups in total. The topological polar surface area (TPSA) is 72.2 Å². The fourth-order valence-electron chi connectivity index (χ4n) is 2.12. The van der Waals surface area contributed by atoms with Gasteiger partial charge in [-0.25, -0.2) is 0 Å². The standard InChI is InChI=1S/C13H15ClN2O3S/c14-9-4-5-12(16(18)19)11(7-9)13(17)15-8-10-3-1-2-6-20-10/h4-5,7,10H,1-3,6,8H2,(H,15,17). The van der Waals surface area contributed by atoms with E-state index >= 15 is 0 Å². The third kappa shape index (κ3) is 3.86. The summed E-state index contributed by atoms with van der Waals surface area (Å²) in [4.78, 5) is 22.4. The molecular weight excluding hydrogens is 300 g/mol. The Kier molecular flexibility index (Phi) is 5.25. The molecule has 0 bridgehead atoms. The first-order valence-corrected chi connectivity index (χ1v) is 7.84. The van der Waals surface area contributed by atoms with Gasteiger partial charge in [0.05, 0.1) is 4.92 Å². The van der Waals surface area contributed by atoms with E-state index in [4.69, 9.17) is 11.6 Å². The molecule has 1 fully saturated rings. The van der Waals surface area contributed by atoms with E-state index in [9.17, 15) is 14.9 Å². The Morgan fingerprint density at radius 1 is 1.50 bits per heavy atom. The quantitative estimate of drug-likeness (QED) is 0.684. The van der Waals surface area contributed by atoms with E-state index < -0.39 is 10.8 Å². The van der Waals surface area contributed by atoms with Crippen molar-refractivity contribution >= 4 is 35.0 Å². The maximum atomic E-state index is 12.1. The monoisotopic (exact) mass is 314 g/mol. The number of rotatable bonds is 4. The molecule has 0 aliphatic carbocycles. The number of halogens is 1. The van der Waals surface area contributed by atoms with Crippen LogP contribution < -0.4 is 5.32 Å². The average molecular weight is 315 g/mol. The first kappa shape index (κ1) is 15.1. The zero-order valence-corrected chi connectivity index (χ0v) is 12.4. The highest BCUT2D eigenvalue weighted by Gasteiger charge is 2.22. The van der Waals surface area contributed by atoms with E-state index in [-0.39, 0.29) is 11.3 Å². The molecule has 1 atom stereocenters. The molecule has 0 aromatic heterocycles. The van der Waals surface area contributed by atoms with Crippen molar-refractivity contribution in [2.24, 2.45) is 0 Å². The predicted octanol–water partition coefficient (Wildman–Crippen LogP) is 3.26. The van der Waals surface area contributed by atoms with Crippen LogP contribution >= 0.6 is 23.4 Å². The van der Waals surface area contributed by atoms with E-state index in [1.165, 1.54) is 31.0 Å². The van der Waals surface area contributed by atoms with Crippen LogP contribution in [0.5, 0.6) is 0 Å². The Labute approximate surface area is 126 Å². The third-order valence-corrected chi connectivity index (χ3v) is 4.80. The summed E-state index contributed by atoms with van der Waals surface area (Å²) < 4.78 is 0. The Bertz CT molecular complexity index is 518. The summed E-state index contributed by atoms with van der Waals surface area (Å²) in [6.07, 6.45) is 3.46. The van der Waals surface area contributed by atoms with E-state index in [0.29, 0.717) is 16.8 Å². The minimum Gasteiger partial charge on any atom is -0.351 e. The maximum absolute atomic E-state index is 12.1. The number of carbonyl (C=O) groups excluding carboxylic acids is 1. The number of hydrogen-bond acceptors (Lipinski definition) is 4. The van der Waals surface area contributed by atoms with Crippen molar-refractivity contribution < 1.29 is 9.72 Å². The second kappa shape index (κ2) is 6.95. The number of benzene rings is 1.